The predicted octanol–water partition coefficient (Wildman–Crippen LogP) is 2.85. The van der Waals surface area contributed by atoms with E-state index in [1.54, 1.807) is 0 Å². The van der Waals surface area contributed by atoms with Crippen molar-refractivity contribution in [3.63, 3.8) is 0 Å². The Morgan fingerprint density at radius 1 is 1.18 bits per heavy atom. The highest BCUT2D eigenvalue weighted by atomic mass is 19.2. The van der Waals surface area contributed by atoms with E-state index < -0.39 is 11.6 Å². The first-order valence-corrected chi connectivity index (χ1v) is 5.23. The minimum absolute atomic E-state index is 0.106. The van der Waals surface area contributed by atoms with Crippen LogP contribution >= 0.6 is 0 Å². The highest BCUT2D eigenvalue weighted by Crippen LogP contribution is 2.27. The number of nitrogens with zero attached hydrogens (tertiary/aromatic N) is 2. The molecule has 0 unspecified atom stereocenters. The van der Waals surface area contributed by atoms with Crippen molar-refractivity contribution in [2.24, 2.45) is 0 Å². The number of halogens is 2. The van der Waals surface area contributed by atoms with Crippen LogP contribution in [-0.4, -0.2) is 16.5 Å². The predicted molar refractivity (Wildman–Crippen MR) is 61.5 cm³/mol. The second-order valence-electron chi connectivity index (χ2n) is 3.39. The van der Waals surface area contributed by atoms with Gasteiger partial charge in [-0.3, -0.25) is 4.98 Å². The van der Waals surface area contributed by atoms with E-state index in [4.69, 9.17) is 0 Å². The summed E-state index contributed by atoms with van der Waals surface area (Å²) in [4.78, 5) is 8.09. The van der Waals surface area contributed by atoms with E-state index in [0.717, 1.165) is 6.07 Å². The monoisotopic (exact) mass is 235 g/mol. The van der Waals surface area contributed by atoms with Gasteiger partial charge in [-0.05, 0) is 19.1 Å². The first-order chi connectivity index (χ1) is 8.24. The van der Waals surface area contributed by atoms with Crippen molar-refractivity contribution in [1.82, 2.24) is 9.97 Å². The van der Waals surface area contributed by atoms with Crippen LogP contribution in [-0.2, 0) is 0 Å². The summed E-state index contributed by atoms with van der Waals surface area (Å²) in [5, 5.41) is 2.96. The Bertz CT molecular complexity index is 529. The number of hydrogen-bond acceptors (Lipinski definition) is 3. The molecule has 0 fully saturated rings. The molecule has 2 rings (SSSR count). The topological polar surface area (TPSA) is 37.8 Å². The zero-order valence-corrected chi connectivity index (χ0v) is 9.24. The lowest BCUT2D eigenvalue weighted by Gasteiger charge is -2.09. The lowest BCUT2D eigenvalue weighted by atomic mass is 10.1. The SMILES string of the molecule is CCNc1nccnc1-c1cccc(F)c1F. The standard InChI is InChI=1S/C12H11F2N3/c1-2-15-12-11(16-6-7-17-12)8-4-3-5-9(13)10(8)14/h3-7H,2H2,1H3,(H,15,17). The number of benzene rings is 1. The molecule has 17 heavy (non-hydrogen) atoms. The van der Waals surface area contributed by atoms with E-state index in [-0.39, 0.29) is 5.56 Å². The number of rotatable bonds is 3. The lowest BCUT2D eigenvalue weighted by Crippen LogP contribution is -2.03. The summed E-state index contributed by atoms with van der Waals surface area (Å²) in [6.07, 6.45) is 2.94. The second kappa shape index (κ2) is 4.86. The molecule has 2 aromatic rings. The van der Waals surface area contributed by atoms with Crippen LogP contribution in [0.2, 0.25) is 0 Å². The quantitative estimate of drug-likeness (QED) is 0.888. The molecule has 0 aliphatic carbocycles. The first-order valence-electron chi connectivity index (χ1n) is 5.23. The summed E-state index contributed by atoms with van der Waals surface area (Å²) >= 11 is 0. The van der Waals surface area contributed by atoms with E-state index in [2.05, 4.69) is 15.3 Å². The normalized spacial score (nSPS) is 10.3. The molecule has 3 nitrogen and oxygen atoms in total. The van der Waals surface area contributed by atoms with Crippen molar-refractivity contribution in [2.75, 3.05) is 11.9 Å². The maximum absolute atomic E-state index is 13.6. The molecule has 5 heteroatoms. The van der Waals surface area contributed by atoms with E-state index >= 15 is 0 Å². The van der Waals surface area contributed by atoms with Gasteiger partial charge in [-0.1, -0.05) is 6.07 Å². The van der Waals surface area contributed by atoms with Gasteiger partial charge in [0.25, 0.3) is 0 Å². The van der Waals surface area contributed by atoms with Crippen LogP contribution < -0.4 is 5.32 Å². The highest BCUT2D eigenvalue weighted by molar-refractivity contribution is 5.71. The molecule has 88 valence electrons. The van der Waals surface area contributed by atoms with Gasteiger partial charge in [0.2, 0.25) is 0 Å². The Kier molecular flexibility index (Phi) is 3.27. The summed E-state index contributed by atoms with van der Waals surface area (Å²) in [6, 6.07) is 3.99. The van der Waals surface area contributed by atoms with Gasteiger partial charge in [0, 0.05) is 24.5 Å². The third kappa shape index (κ3) is 2.22. The van der Waals surface area contributed by atoms with Gasteiger partial charge in [0.15, 0.2) is 17.5 Å². The van der Waals surface area contributed by atoms with Crippen molar-refractivity contribution in [3.8, 4) is 11.3 Å². The molecule has 1 aromatic carbocycles. The zero-order chi connectivity index (χ0) is 12.3. The summed E-state index contributed by atoms with van der Waals surface area (Å²) in [5.74, 6) is -1.36. The zero-order valence-electron chi connectivity index (χ0n) is 9.24. The van der Waals surface area contributed by atoms with Crippen molar-refractivity contribution in [1.29, 1.82) is 0 Å². The van der Waals surface area contributed by atoms with Crippen molar-refractivity contribution in [3.05, 3.63) is 42.2 Å². The fourth-order valence-corrected chi connectivity index (χ4v) is 1.52. The van der Waals surface area contributed by atoms with Crippen molar-refractivity contribution in [2.45, 2.75) is 6.92 Å². The summed E-state index contributed by atoms with van der Waals surface area (Å²) in [7, 11) is 0. The molecule has 0 atom stereocenters. The Morgan fingerprint density at radius 3 is 2.71 bits per heavy atom. The molecule has 0 aliphatic heterocycles. The summed E-state index contributed by atoms with van der Waals surface area (Å²) in [6.45, 7) is 2.52. The smallest absolute Gasteiger partial charge is 0.168 e. The second-order valence-corrected chi connectivity index (χ2v) is 3.39. The van der Waals surface area contributed by atoms with Gasteiger partial charge in [0.05, 0.1) is 0 Å². The van der Waals surface area contributed by atoms with Crippen LogP contribution in [0, 0.1) is 11.6 Å². The maximum atomic E-state index is 13.6. The Balaban J connectivity index is 2.56. The van der Waals surface area contributed by atoms with Gasteiger partial charge >= 0.3 is 0 Å². The van der Waals surface area contributed by atoms with Gasteiger partial charge < -0.3 is 5.32 Å². The molecule has 0 amide bonds. The largest absolute Gasteiger partial charge is 0.369 e. The fourth-order valence-electron chi connectivity index (χ4n) is 1.52. The fraction of sp³-hybridized carbons (Fsp3) is 0.167. The summed E-state index contributed by atoms with van der Waals surface area (Å²) in [5.41, 5.74) is 0.417. The third-order valence-corrected chi connectivity index (χ3v) is 2.25. The van der Waals surface area contributed by atoms with Gasteiger partial charge in [0.1, 0.15) is 5.69 Å². The molecule has 1 aromatic heterocycles. The van der Waals surface area contributed by atoms with E-state index in [0.29, 0.717) is 18.1 Å². The van der Waals surface area contributed by atoms with Crippen LogP contribution in [0.3, 0.4) is 0 Å². The minimum atomic E-state index is -0.910. The van der Waals surface area contributed by atoms with Crippen LogP contribution in [0.15, 0.2) is 30.6 Å². The Morgan fingerprint density at radius 2 is 1.94 bits per heavy atom. The molecule has 0 radical (unpaired) electrons. The number of anilines is 1. The average molecular weight is 235 g/mol. The van der Waals surface area contributed by atoms with E-state index in [9.17, 15) is 8.78 Å². The van der Waals surface area contributed by atoms with Crippen molar-refractivity contribution < 1.29 is 8.78 Å². The highest BCUT2D eigenvalue weighted by Gasteiger charge is 2.14. The Labute approximate surface area is 97.5 Å². The maximum Gasteiger partial charge on any atom is 0.168 e. The van der Waals surface area contributed by atoms with Crippen LogP contribution in [0.4, 0.5) is 14.6 Å². The molecular weight excluding hydrogens is 224 g/mol. The molecular formula is C12H11F2N3. The molecule has 0 bridgehead atoms. The van der Waals surface area contributed by atoms with Gasteiger partial charge in [-0.2, -0.15) is 0 Å². The van der Waals surface area contributed by atoms with Crippen LogP contribution in [0.25, 0.3) is 11.3 Å². The van der Waals surface area contributed by atoms with Gasteiger partial charge in [-0.25, -0.2) is 13.8 Å². The molecule has 0 saturated heterocycles. The number of hydrogen-bond donors (Lipinski definition) is 1. The molecule has 1 N–H and O–H groups in total. The molecule has 0 aliphatic rings. The van der Waals surface area contributed by atoms with Crippen LogP contribution in [0.5, 0.6) is 0 Å². The average Bonchev–Trinajstić information content (AvgIpc) is 2.34. The van der Waals surface area contributed by atoms with Crippen LogP contribution in [0.1, 0.15) is 6.92 Å². The van der Waals surface area contributed by atoms with Gasteiger partial charge in [-0.15, -0.1) is 0 Å². The lowest BCUT2D eigenvalue weighted by molar-refractivity contribution is 0.511. The third-order valence-electron chi connectivity index (χ3n) is 2.25. The van der Waals surface area contributed by atoms with E-state index in [1.807, 2.05) is 6.92 Å². The first kappa shape index (κ1) is 11.4. The molecule has 0 spiro atoms. The number of nitrogens with one attached hydrogen (secondary N) is 1. The van der Waals surface area contributed by atoms with E-state index in [1.165, 1.54) is 24.5 Å². The summed E-state index contributed by atoms with van der Waals surface area (Å²) < 4.78 is 26.8. The number of aromatic nitrogens is 2. The molecule has 1 heterocycles. The van der Waals surface area contributed by atoms with Crippen molar-refractivity contribution >= 4 is 5.82 Å². The molecule has 0 saturated carbocycles. The minimum Gasteiger partial charge on any atom is -0.369 e. The Hall–Kier alpha value is -2.04.